The summed E-state index contributed by atoms with van der Waals surface area (Å²) in [5.74, 6) is -2.30. The molecule has 0 fully saturated rings. The number of nitrogens with zero attached hydrogens (tertiary/aromatic N) is 1. The van der Waals surface area contributed by atoms with Gasteiger partial charge in [-0.05, 0) is 44.2 Å². The SMILES string of the molecule is COP(=O)(c1cc(C)cc(C)c1)c1c(C(=O)NCc2c(F)cc[n+](C)c2F)[nH]c2ccc(Cl)cc12. The molecule has 182 valence electrons. The highest BCUT2D eigenvalue weighted by Gasteiger charge is 2.36. The number of carbonyl (C=O) groups excluding carboxylic acids is 1. The highest BCUT2D eigenvalue weighted by Crippen LogP contribution is 2.47. The van der Waals surface area contributed by atoms with Crippen LogP contribution in [0.25, 0.3) is 10.9 Å². The van der Waals surface area contributed by atoms with Gasteiger partial charge in [-0.2, -0.15) is 4.57 Å². The number of aromatic amines is 1. The van der Waals surface area contributed by atoms with Gasteiger partial charge in [-0.3, -0.25) is 9.36 Å². The number of rotatable bonds is 6. The zero-order valence-electron chi connectivity index (χ0n) is 19.6. The summed E-state index contributed by atoms with van der Waals surface area (Å²) >= 11 is 6.23. The topological polar surface area (TPSA) is 75.1 Å². The zero-order valence-corrected chi connectivity index (χ0v) is 21.2. The van der Waals surface area contributed by atoms with Crippen molar-refractivity contribution in [1.29, 1.82) is 0 Å². The second kappa shape index (κ2) is 9.53. The Morgan fingerprint density at radius 3 is 2.49 bits per heavy atom. The maximum Gasteiger partial charge on any atom is 0.367 e. The first-order chi connectivity index (χ1) is 16.5. The van der Waals surface area contributed by atoms with E-state index in [1.54, 1.807) is 30.3 Å². The van der Waals surface area contributed by atoms with Crippen LogP contribution in [0.2, 0.25) is 5.02 Å². The second-order valence-corrected chi connectivity index (χ2v) is 11.2. The van der Waals surface area contributed by atoms with Crippen LogP contribution in [0.5, 0.6) is 0 Å². The number of carbonyl (C=O) groups is 1. The quantitative estimate of drug-likeness (QED) is 0.226. The van der Waals surface area contributed by atoms with Crippen molar-refractivity contribution in [1.82, 2.24) is 10.3 Å². The Morgan fingerprint density at radius 2 is 1.83 bits per heavy atom. The molecule has 0 aliphatic carbocycles. The number of benzene rings is 2. The molecule has 4 aromatic rings. The molecular weight excluding hydrogens is 495 g/mol. The van der Waals surface area contributed by atoms with Crippen molar-refractivity contribution in [3.63, 3.8) is 0 Å². The molecule has 6 nitrogen and oxygen atoms in total. The van der Waals surface area contributed by atoms with E-state index >= 15 is 0 Å². The fourth-order valence-corrected chi connectivity index (χ4v) is 6.66. The smallest absolute Gasteiger partial charge is 0.350 e. The summed E-state index contributed by atoms with van der Waals surface area (Å²) in [5.41, 5.74) is 1.94. The van der Waals surface area contributed by atoms with Gasteiger partial charge >= 0.3 is 5.95 Å². The minimum Gasteiger partial charge on any atom is -0.350 e. The standard InChI is InChI=1S/C25H23ClF2N3O3P/c1-14-9-15(2)11-17(10-14)35(33,34-4)23-18-12-16(26)5-6-21(18)30-22(23)25(32)29-13-19-20(27)7-8-31(3)24(19)28/h5-12H,13H2,1-4H3,(H-,29,30,32,33)/p+1. The summed E-state index contributed by atoms with van der Waals surface area (Å²) in [6, 6.07) is 11.4. The molecule has 2 aromatic carbocycles. The van der Waals surface area contributed by atoms with E-state index in [2.05, 4.69) is 10.3 Å². The van der Waals surface area contributed by atoms with Crippen molar-refractivity contribution in [3.05, 3.63) is 87.8 Å². The Labute approximate surface area is 206 Å². The number of aryl methyl sites for hydroxylation is 3. The molecule has 2 N–H and O–H groups in total. The molecule has 0 aliphatic rings. The molecule has 0 saturated carbocycles. The molecule has 1 atom stereocenters. The molecule has 35 heavy (non-hydrogen) atoms. The summed E-state index contributed by atoms with van der Waals surface area (Å²) in [6.07, 6.45) is 1.24. The molecule has 2 heterocycles. The molecule has 4 rings (SSSR count). The lowest BCUT2D eigenvalue weighted by molar-refractivity contribution is -0.700. The van der Waals surface area contributed by atoms with Crippen LogP contribution in [-0.2, 0) is 22.7 Å². The largest absolute Gasteiger partial charge is 0.367 e. The van der Waals surface area contributed by atoms with Crippen LogP contribution in [-0.4, -0.2) is 18.0 Å². The van der Waals surface area contributed by atoms with Gasteiger partial charge in [0.15, 0.2) is 6.20 Å². The van der Waals surface area contributed by atoms with Gasteiger partial charge in [-0.15, -0.1) is 4.39 Å². The average molecular weight is 519 g/mol. The van der Waals surface area contributed by atoms with Crippen molar-refractivity contribution in [2.75, 3.05) is 7.11 Å². The number of amides is 1. The zero-order chi connectivity index (χ0) is 25.5. The van der Waals surface area contributed by atoms with Crippen molar-refractivity contribution < 1.29 is 27.2 Å². The molecule has 0 aliphatic heterocycles. The number of nitrogens with one attached hydrogen (secondary N) is 2. The van der Waals surface area contributed by atoms with Gasteiger partial charge in [0.2, 0.25) is 0 Å². The maximum absolute atomic E-state index is 14.4. The summed E-state index contributed by atoms with van der Waals surface area (Å²) in [4.78, 5) is 16.3. The van der Waals surface area contributed by atoms with Gasteiger partial charge in [-0.1, -0.05) is 28.8 Å². The lowest BCUT2D eigenvalue weighted by atomic mass is 10.2. The third-order valence-electron chi connectivity index (χ3n) is 5.78. The van der Waals surface area contributed by atoms with E-state index in [9.17, 15) is 18.1 Å². The Bertz CT molecular complexity index is 1500. The fourth-order valence-electron chi connectivity index (χ4n) is 4.14. The normalized spacial score (nSPS) is 13.1. The number of pyridine rings is 1. The predicted octanol–water partition coefficient (Wildman–Crippen LogP) is 4.35. The Hall–Kier alpha value is -3.06. The van der Waals surface area contributed by atoms with Gasteiger partial charge in [0.1, 0.15) is 24.1 Å². The minimum atomic E-state index is -3.79. The highest BCUT2D eigenvalue weighted by molar-refractivity contribution is 7.75. The van der Waals surface area contributed by atoms with Gasteiger partial charge < -0.3 is 14.8 Å². The average Bonchev–Trinajstić information content (AvgIpc) is 3.19. The van der Waals surface area contributed by atoms with E-state index in [0.717, 1.165) is 21.8 Å². The molecule has 0 bridgehead atoms. The first-order valence-electron chi connectivity index (χ1n) is 10.7. The first kappa shape index (κ1) is 25.0. The number of halogens is 3. The molecule has 0 spiro atoms. The number of H-pyrrole nitrogens is 1. The maximum atomic E-state index is 14.4. The van der Waals surface area contributed by atoms with Crippen LogP contribution >= 0.6 is 19.0 Å². The van der Waals surface area contributed by atoms with E-state index in [1.165, 1.54) is 20.4 Å². The third kappa shape index (κ3) is 4.61. The Balaban J connectivity index is 1.86. The second-order valence-electron chi connectivity index (χ2n) is 8.35. The van der Waals surface area contributed by atoms with Crippen LogP contribution in [0.3, 0.4) is 0 Å². The van der Waals surface area contributed by atoms with Gasteiger partial charge in [0.05, 0.1) is 11.8 Å². The van der Waals surface area contributed by atoms with E-state index in [4.69, 9.17) is 16.1 Å². The molecule has 10 heteroatoms. The van der Waals surface area contributed by atoms with E-state index < -0.39 is 31.6 Å². The number of hydrogen-bond acceptors (Lipinski definition) is 3. The van der Waals surface area contributed by atoms with Gasteiger partial charge in [-0.25, -0.2) is 4.39 Å². The van der Waals surface area contributed by atoms with Crippen LogP contribution in [0.15, 0.2) is 48.7 Å². The molecule has 0 saturated heterocycles. The molecular formula is C25H24ClF2N3O3P+. The van der Waals surface area contributed by atoms with Crippen molar-refractivity contribution in [2.45, 2.75) is 20.4 Å². The first-order valence-corrected chi connectivity index (χ1v) is 12.7. The van der Waals surface area contributed by atoms with Crippen LogP contribution < -0.4 is 20.5 Å². The lowest BCUT2D eigenvalue weighted by Crippen LogP contribution is -2.36. The van der Waals surface area contributed by atoms with Crippen molar-refractivity contribution >= 4 is 46.4 Å². The molecule has 1 unspecified atom stereocenters. The number of fused-ring (bicyclic) bond motifs is 1. The molecule has 2 aromatic heterocycles. The van der Waals surface area contributed by atoms with Crippen LogP contribution in [0.1, 0.15) is 27.2 Å². The number of hydrogen-bond donors (Lipinski definition) is 2. The summed E-state index contributed by atoms with van der Waals surface area (Å²) in [6.45, 7) is 3.33. The Kier molecular flexibility index (Phi) is 6.82. The summed E-state index contributed by atoms with van der Waals surface area (Å²) < 4.78 is 49.8. The van der Waals surface area contributed by atoms with E-state index in [0.29, 0.717) is 21.2 Å². The lowest BCUT2D eigenvalue weighted by Gasteiger charge is -2.19. The summed E-state index contributed by atoms with van der Waals surface area (Å²) in [5, 5.41) is 3.93. The minimum absolute atomic E-state index is 0.0345. The molecule has 1 amide bonds. The van der Waals surface area contributed by atoms with Crippen molar-refractivity contribution in [3.8, 4) is 0 Å². The summed E-state index contributed by atoms with van der Waals surface area (Å²) in [7, 11) is -1.05. The van der Waals surface area contributed by atoms with Crippen molar-refractivity contribution in [2.24, 2.45) is 7.05 Å². The van der Waals surface area contributed by atoms with Crippen LogP contribution in [0, 0.1) is 25.6 Å². The number of aromatic nitrogens is 2. The molecule has 0 radical (unpaired) electrons. The monoisotopic (exact) mass is 518 g/mol. The predicted molar refractivity (Wildman–Crippen MR) is 132 cm³/mol. The van der Waals surface area contributed by atoms with Gasteiger partial charge in [0.25, 0.3) is 13.3 Å². The van der Waals surface area contributed by atoms with Gasteiger partial charge in [0, 0.05) is 34.4 Å². The fraction of sp³-hybridized carbons (Fsp3) is 0.200. The van der Waals surface area contributed by atoms with E-state index in [1.807, 2.05) is 19.9 Å². The third-order valence-corrected chi connectivity index (χ3v) is 8.52. The van der Waals surface area contributed by atoms with E-state index in [-0.39, 0.29) is 16.6 Å². The Morgan fingerprint density at radius 1 is 1.14 bits per heavy atom. The van der Waals surface area contributed by atoms with Crippen LogP contribution in [0.4, 0.5) is 8.78 Å². The highest BCUT2D eigenvalue weighted by atomic mass is 35.5.